The number of carbonyl (C=O) groups excluding carboxylic acids is 1. The van der Waals surface area contributed by atoms with Crippen LogP contribution in [-0.4, -0.2) is 52.9 Å². The molecule has 24 heavy (non-hydrogen) atoms. The number of nitrogens with zero attached hydrogens (tertiary/aromatic N) is 3. The molecule has 2 saturated heterocycles. The molecule has 1 atom stereocenters. The maximum atomic E-state index is 13.5. The topological polar surface area (TPSA) is 66.7 Å². The molecule has 0 bridgehead atoms. The van der Waals surface area contributed by atoms with Gasteiger partial charge in [0.05, 0.1) is 4.92 Å². The van der Waals surface area contributed by atoms with Crippen LogP contribution in [0.2, 0.25) is 0 Å². The van der Waals surface area contributed by atoms with Crippen molar-refractivity contribution in [2.24, 2.45) is 0 Å². The van der Waals surface area contributed by atoms with Crippen LogP contribution in [0.4, 0.5) is 10.1 Å². The fourth-order valence-corrected chi connectivity index (χ4v) is 3.68. The Morgan fingerprint density at radius 3 is 2.67 bits per heavy atom. The van der Waals surface area contributed by atoms with Crippen molar-refractivity contribution >= 4 is 11.6 Å². The smallest absolute Gasteiger partial charge is 0.305 e. The monoisotopic (exact) mass is 335 g/mol. The summed E-state index contributed by atoms with van der Waals surface area (Å²) in [6.07, 6.45) is 5.55. The van der Waals surface area contributed by atoms with Gasteiger partial charge in [-0.3, -0.25) is 14.9 Å². The number of amides is 1. The number of carbonyl (C=O) groups is 1. The molecule has 0 aliphatic carbocycles. The summed E-state index contributed by atoms with van der Waals surface area (Å²) >= 11 is 0. The van der Waals surface area contributed by atoms with Gasteiger partial charge in [-0.15, -0.1) is 0 Å². The molecule has 1 aromatic carbocycles. The molecule has 2 heterocycles. The second-order valence-corrected chi connectivity index (χ2v) is 6.58. The van der Waals surface area contributed by atoms with E-state index in [1.54, 1.807) is 4.90 Å². The van der Waals surface area contributed by atoms with E-state index < -0.39 is 16.4 Å². The fourth-order valence-electron chi connectivity index (χ4n) is 3.68. The van der Waals surface area contributed by atoms with E-state index in [9.17, 15) is 19.3 Å². The van der Waals surface area contributed by atoms with Crippen LogP contribution < -0.4 is 0 Å². The lowest BCUT2D eigenvalue weighted by molar-refractivity contribution is -0.387. The van der Waals surface area contributed by atoms with Gasteiger partial charge < -0.3 is 9.80 Å². The molecule has 0 spiro atoms. The second kappa shape index (κ2) is 7.25. The van der Waals surface area contributed by atoms with Crippen LogP contribution in [0.3, 0.4) is 0 Å². The number of rotatable bonds is 4. The van der Waals surface area contributed by atoms with Crippen molar-refractivity contribution in [2.45, 2.75) is 38.1 Å². The van der Waals surface area contributed by atoms with Gasteiger partial charge in [0.25, 0.3) is 5.91 Å². The van der Waals surface area contributed by atoms with Gasteiger partial charge in [-0.2, -0.15) is 4.39 Å². The van der Waals surface area contributed by atoms with Crippen LogP contribution >= 0.6 is 0 Å². The Morgan fingerprint density at radius 2 is 1.96 bits per heavy atom. The van der Waals surface area contributed by atoms with E-state index in [1.807, 2.05) is 0 Å². The summed E-state index contributed by atoms with van der Waals surface area (Å²) < 4.78 is 13.5. The van der Waals surface area contributed by atoms with Gasteiger partial charge >= 0.3 is 5.69 Å². The first kappa shape index (κ1) is 16.8. The number of nitro groups is 1. The molecule has 1 aromatic rings. The summed E-state index contributed by atoms with van der Waals surface area (Å²) in [6, 6.07) is 3.52. The summed E-state index contributed by atoms with van der Waals surface area (Å²) in [5.41, 5.74) is -0.457. The van der Waals surface area contributed by atoms with Gasteiger partial charge in [0, 0.05) is 30.8 Å². The summed E-state index contributed by atoms with van der Waals surface area (Å²) in [4.78, 5) is 27.0. The number of hydrogen-bond acceptors (Lipinski definition) is 4. The highest BCUT2D eigenvalue weighted by Crippen LogP contribution is 2.25. The van der Waals surface area contributed by atoms with E-state index in [-0.39, 0.29) is 17.5 Å². The zero-order valence-corrected chi connectivity index (χ0v) is 13.6. The summed E-state index contributed by atoms with van der Waals surface area (Å²) in [5.74, 6) is -1.15. The fraction of sp³-hybridized carbons (Fsp3) is 0.588. The summed E-state index contributed by atoms with van der Waals surface area (Å²) in [7, 11) is 0. The number of likely N-dealkylation sites (tertiary alicyclic amines) is 2. The molecule has 1 amide bonds. The van der Waals surface area contributed by atoms with Crippen LogP contribution in [-0.2, 0) is 0 Å². The lowest BCUT2D eigenvalue weighted by atomic mass is 10.1. The SMILES string of the molecule is O=C(c1ccc(F)c([N+](=O)[O-])c1)N1CCCC1CN1CCCCC1. The summed E-state index contributed by atoms with van der Waals surface area (Å²) in [6.45, 7) is 3.65. The Bertz CT molecular complexity index is 632. The highest BCUT2D eigenvalue weighted by Gasteiger charge is 2.32. The lowest BCUT2D eigenvalue weighted by Crippen LogP contribution is -2.44. The maximum Gasteiger partial charge on any atom is 0.305 e. The number of nitro benzene ring substituents is 1. The average Bonchev–Trinajstić information content (AvgIpc) is 3.03. The third-order valence-corrected chi connectivity index (χ3v) is 4.95. The molecule has 6 nitrogen and oxygen atoms in total. The van der Waals surface area contributed by atoms with Crippen molar-refractivity contribution in [3.63, 3.8) is 0 Å². The highest BCUT2D eigenvalue weighted by atomic mass is 19.1. The lowest BCUT2D eigenvalue weighted by Gasteiger charge is -2.33. The highest BCUT2D eigenvalue weighted by molar-refractivity contribution is 5.95. The minimum atomic E-state index is -0.914. The van der Waals surface area contributed by atoms with Gasteiger partial charge in [-0.05, 0) is 50.9 Å². The van der Waals surface area contributed by atoms with Crippen LogP contribution in [0.25, 0.3) is 0 Å². The standard InChI is InChI=1S/C17H22FN3O3/c18-15-7-6-13(11-16(15)21(23)24)17(22)20-10-4-5-14(20)12-19-8-2-1-3-9-19/h6-7,11,14H,1-5,8-10,12H2. The molecule has 2 fully saturated rings. The minimum absolute atomic E-state index is 0.139. The third kappa shape index (κ3) is 3.56. The summed E-state index contributed by atoms with van der Waals surface area (Å²) in [5, 5.41) is 10.9. The van der Waals surface area contributed by atoms with Crippen LogP contribution in [0, 0.1) is 15.9 Å². The van der Waals surface area contributed by atoms with Crippen LogP contribution in [0.1, 0.15) is 42.5 Å². The number of hydrogen-bond donors (Lipinski definition) is 0. The van der Waals surface area contributed by atoms with Crippen molar-refractivity contribution < 1.29 is 14.1 Å². The van der Waals surface area contributed by atoms with Gasteiger partial charge in [0.2, 0.25) is 5.82 Å². The predicted octanol–water partition coefficient (Wildman–Crippen LogP) is 2.82. The van der Waals surface area contributed by atoms with Crippen LogP contribution in [0.5, 0.6) is 0 Å². The zero-order chi connectivity index (χ0) is 17.1. The first-order valence-electron chi connectivity index (χ1n) is 8.53. The number of piperidine rings is 1. The van der Waals surface area contributed by atoms with Crippen LogP contribution in [0.15, 0.2) is 18.2 Å². The Balaban J connectivity index is 1.73. The normalized spacial score (nSPS) is 21.9. The Morgan fingerprint density at radius 1 is 1.21 bits per heavy atom. The van der Waals surface area contributed by atoms with E-state index in [2.05, 4.69) is 4.90 Å². The quantitative estimate of drug-likeness (QED) is 0.627. The van der Waals surface area contributed by atoms with Crippen molar-refractivity contribution in [2.75, 3.05) is 26.2 Å². The molecule has 2 aliphatic rings. The Hall–Kier alpha value is -2.02. The minimum Gasteiger partial charge on any atom is -0.334 e. The first-order valence-corrected chi connectivity index (χ1v) is 8.53. The number of benzene rings is 1. The maximum absolute atomic E-state index is 13.5. The molecular formula is C17H22FN3O3. The van der Waals surface area contributed by atoms with E-state index in [0.717, 1.165) is 44.6 Å². The second-order valence-electron chi connectivity index (χ2n) is 6.58. The van der Waals surface area contributed by atoms with Crippen molar-refractivity contribution in [1.82, 2.24) is 9.80 Å². The molecule has 0 radical (unpaired) electrons. The molecule has 0 saturated carbocycles. The molecular weight excluding hydrogens is 313 g/mol. The average molecular weight is 335 g/mol. The van der Waals surface area contributed by atoms with E-state index >= 15 is 0 Å². The molecule has 130 valence electrons. The van der Waals surface area contributed by atoms with E-state index in [0.29, 0.717) is 6.54 Å². The van der Waals surface area contributed by atoms with E-state index in [4.69, 9.17) is 0 Å². The first-order chi connectivity index (χ1) is 11.6. The van der Waals surface area contributed by atoms with E-state index in [1.165, 1.54) is 25.3 Å². The van der Waals surface area contributed by atoms with Gasteiger partial charge in [-0.25, -0.2) is 0 Å². The largest absolute Gasteiger partial charge is 0.334 e. The molecule has 3 rings (SSSR count). The Kier molecular flexibility index (Phi) is 5.08. The number of halogens is 1. The molecule has 0 aromatic heterocycles. The van der Waals surface area contributed by atoms with Gasteiger partial charge in [-0.1, -0.05) is 6.42 Å². The molecule has 2 aliphatic heterocycles. The van der Waals surface area contributed by atoms with Gasteiger partial charge in [0.15, 0.2) is 0 Å². The third-order valence-electron chi connectivity index (χ3n) is 4.95. The molecule has 0 N–H and O–H groups in total. The Labute approximate surface area is 140 Å². The van der Waals surface area contributed by atoms with Crippen molar-refractivity contribution in [1.29, 1.82) is 0 Å². The predicted molar refractivity (Wildman–Crippen MR) is 87.4 cm³/mol. The zero-order valence-electron chi connectivity index (χ0n) is 13.6. The molecule has 7 heteroatoms. The van der Waals surface area contributed by atoms with Crippen molar-refractivity contribution in [3.05, 3.63) is 39.7 Å². The van der Waals surface area contributed by atoms with Gasteiger partial charge in [0.1, 0.15) is 0 Å². The van der Waals surface area contributed by atoms with Crippen molar-refractivity contribution in [3.8, 4) is 0 Å². The molecule has 1 unspecified atom stereocenters.